The number of rotatable bonds is 6. The molecule has 6 heteroatoms. The van der Waals surface area contributed by atoms with Crippen LogP contribution >= 0.6 is 0 Å². The first-order valence-electron chi connectivity index (χ1n) is 7.41. The molecular formula is C18H19F2NO3. The first-order chi connectivity index (χ1) is 11.5. The van der Waals surface area contributed by atoms with Gasteiger partial charge in [-0.15, -0.1) is 0 Å². The van der Waals surface area contributed by atoms with Crippen LogP contribution in [0.15, 0.2) is 30.3 Å². The summed E-state index contributed by atoms with van der Waals surface area (Å²) in [5.41, 5.74) is 1.30. The van der Waals surface area contributed by atoms with E-state index in [0.717, 1.165) is 11.6 Å². The number of amides is 1. The molecule has 0 saturated carbocycles. The van der Waals surface area contributed by atoms with E-state index in [9.17, 15) is 13.6 Å². The van der Waals surface area contributed by atoms with Crippen LogP contribution in [0.3, 0.4) is 0 Å². The molecule has 2 aromatic carbocycles. The van der Waals surface area contributed by atoms with Gasteiger partial charge in [0.2, 0.25) is 5.91 Å². The van der Waals surface area contributed by atoms with E-state index in [-0.39, 0.29) is 23.6 Å². The highest BCUT2D eigenvalue weighted by Crippen LogP contribution is 2.29. The molecule has 0 radical (unpaired) electrons. The van der Waals surface area contributed by atoms with Crippen molar-refractivity contribution < 1.29 is 23.0 Å². The van der Waals surface area contributed by atoms with Crippen LogP contribution in [0.2, 0.25) is 0 Å². The minimum absolute atomic E-state index is 0.139. The van der Waals surface area contributed by atoms with Crippen molar-refractivity contribution in [3.63, 3.8) is 0 Å². The van der Waals surface area contributed by atoms with Gasteiger partial charge in [-0.05, 0) is 42.7 Å². The molecule has 4 nitrogen and oxygen atoms in total. The predicted octanol–water partition coefficient (Wildman–Crippen LogP) is 3.73. The second-order valence-corrected chi connectivity index (χ2v) is 5.26. The first-order valence-corrected chi connectivity index (χ1v) is 7.41. The standard InChI is InChI=1S/C18H19F2NO3/c1-11(22)21-15-8-7-14(19)18(20)13(15)6-4-12-5-9-16(23-2)17(10-12)24-3/h5,7-10H,4,6H2,1-3H3,(H,21,22). The van der Waals surface area contributed by atoms with Crippen molar-refractivity contribution in [1.29, 1.82) is 0 Å². The molecule has 0 aliphatic rings. The van der Waals surface area contributed by atoms with Crippen LogP contribution in [0, 0.1) is 11.6 Å². The summed E-state index contributed by atoms with van der Waals surface area (Å²) in [7, 11) is 3.07. The monoisotopic (exact) mass is 335 g/mol. The number of methoxy groups -OCH3 is 2. The van der Waals surface area contributed by atoms with Gasteiger partial charge in [0.25, 0.3) is 0 Å². The lowest BCUT2D eigenvalue weighted by Gasteiger charge is -2.13. The summed E-state index contributed by atoms with van der Waals surface area (Å²) >= 11 is 0. The highest BCUT2D eigenvalue weighted by atomic mass is 19.2. The topological polar surface area (TPSA) is 47.6 Å². The molecule has 2 rings (SSSR count). The molecule has 1 N–H and O–H groups in total. The van der Waals surface area contributed by atoms with E-state index < -0.39 is 11.6 Å². The van der Waals surface area contributed by atoms with Gasteiger partial charge in [0, 0.05) is 18.2 Å². The first kappa shape index (κ1) is 17.7. The number of halogens is 2. The number of hydrogen-bond donors (Lipinski definition) is 1. The molecule has 0 atom stereocenters. The molecular weight excluding hydrogens is 316 g/mol. The quantitative estimate of drug-likeness (QED) is 0.875. The van der Waals surface area contributed by atoms with E-state index in [1.165, 1.54) is 20.1 Å². The van der Waals surface area contributed by atoms with Gasteiger partial charge in [0.15, 0.2) is 23.1 Å². The third-order valence-electron chi connectivity index (χ3n) is 3.62. The maximum Gasteiger partial charge on any atom is 0.221 e. The lowest BCUT2D eigenvalue weighted by molar-refractivity contribution is -0.114. The van der Waals surface area contributed by atoms with Gasteiger partial charge >= 0.3 is 0 Å². The summed E-state index contributed by atoms with van der Waals surface area (Å²) in [6, 6.07) is 7.74. The van der Waals surface area contributed by atoms with Gasteiger partial charge in [-0.25, -0.2) is 8.78 Å². The highest BCUT2D eigenvalue weighted by molar-refractivity contribution is 5.89. The van der Waals surface area contributed by atoms with Crippen molar-refractivity contribution in [2.45, 2.75) is 19.8 Å². The number of carbonyl (C=O) groups is 1. The lowest BCUT2D eigenvalue weighted by atomic mass is 10.0. The summed E-state index contributed by atoms with van der Waals surface area (Å²) in [5.74, 6) is -1.06. The summed E-state index contributed by atoms with van der Waals surface area (Å²) in [4.78, 5) is 11.2. The molecule has 0 fully saturated rings. The maximum atomic E-state index is 14.1. The van der Waals surface area contributed by atoms with E-state index in [1.807, 2.05) is 6.07 Å². The molecule has 24 heavy (non-hydrogen) atoms. The van der Waals surface area contributed by atoms with E-state index >= 15 is 0 Å². The van der Waals surface area contributed by atoms with Crippen molar-refractivity contribution >= 4 is 11.6 Å². The Morgan fingerprint density at radius 2 is 1.75 bits per heavy atom. The molecule has 0 heterocycles. The van der Waals surface area contributed by atoms with Crippen LogP contribution < -0.4 is 14.8 Å². The number of ether oxygens (including phenoxy) is 2. The van der Waals surface area contributed by atoms with E-state index in [2.05, 4.69) is 5.32 Å². The minimum atomic E-state index is -0.943. The fourth-order valence-electron chi connectivity index (χ4n) is 2.45. The smallest absolute Gasteiger partial charge is 0.221 e. The predicted molar refractivity (Wildman–Crippen MR) is 87.6 cm³/mol. The molecule has 0 spiro atoms. The van der Waals surface area contributed by atoms with Crippen molar-refractivity contribution in [3.05, 3.63) is 53.1 Å². The summed E-state index contributed by atoms with van der Waals surface area (Å²) < 4.78 is 38.0. The molecule has 0 bridgehead atoms. The number of nitrogens with one attached hydrogen (secondary N) is 1. The van der Waals surface area contributed by atoms with Crippen molar-refractivity contribution in [2.75, 3.05) is 19.5 Å². The van der Waals surface area contributed by atoms with Gasteiger partial charge in [-0.2, -0.15) is 0 Å². The Balaban J connectivity index is 2.25. The van der Waals surface area contributed by atoms with Crippen LogP contribution in [-0.4, -0.2) is 20.1 Å². The SMILES string of the molecule is COc1ccc(CCc2c(NC(C)=O)ccc(F)c2F)cc1OC. The average molecular weight is 335 g/mol. The Kier molecular flexibility index (Phi) is 5.73. The molecule has 0 saturated heterocycles. The van der Waals surface area contributed by atoms with Gasteiger partial charge in [-0.1, -0.05) is 6.07 Å². The van der Waals surface area contributed by atoms with Crippen molar-refractivity contribution in [1.82, 2.24) is 0 Å². The molecule has 128 valence electrons. The van der Waals surface area contributed by atoms with Crippen LogP contribution in [0.4, 0.5) is 14.5 Å². The van der Waals surface area contributed by atoms with Gasteiger partial charge in [0.05, 0.1) is 14.2 Å². The second kappa shape index (κ2) is 7.77. The molecule has 0 aliphatic heterocycles. The Morgan fingerprint density at radius 1 is 1.04 bits per heavy atom. The number of carbonyl (C=O) groups excluding carboxylic acids is 1. The third kappa shape index (κ3) is 4.01. The van der Waals surface area contributed by atoms with Crippen molar-refractivity contribution in [3.8, 4) is 11.5 Å². The van der Waals surface area contributed by atoms with Crippen LogP contribution in [0.1, 0.15) is 18.1 Å². The van der Waals surface area contributed by atoms with Gasteiger partial charge in [0.1, 0.15) is 0 Å². The Bertz CT molecular complexity index is 747. The highest BCUT2D eigenvalue weighted by Gasteiger charge is 2.15. The zero-order chi connectivity index (χ0) is 17.7. The lowest BCUT2D eigenvalue weighted by Crippen LogP contribution is -2.11. The maximum absolute atomic E-state index is 14.1. The molecule has 1 amide bonds. The van der Waals surface area contributed by atoms with E-state index in [0.29, 0.717) is 17.9 Å². The van der Waals surface area contributed by atoms with E-state index in [1.54, 1.807) is 19.2 Å². The number of hydrogen-bond acceptors (Lipinski definition) is 3. The van der Waals surface area contributed by atoms with Crippen molar-refractivity contribution in [2.24, 2.45) is 0 Å². The largest absolute Gasteiger partial charge is 0.493 e. The summed E-state index contributed by atoms with van der Waals surface area (Å²) in [6.45, 7) is 1.32. The minimum Gasteiger partial charge on any atom is -0.493 e. The molecule has 0 aromatic heterocycles. The zero-order valence-corrected chi connectivity index (χ0v) is 13.8. The third-order valence-corrected chi connectivity index (χ3v) is 3.62. The second-order valence-electron chi connectivity index (χ2n) is 5.26. The molecule has 0 aliphatic carbocycles. The Morgan fingerprint density at radius 3 is 2.38 bits per heavy atom. The van der Waals surface area contributed by atoms with Gasteiger partial charge in [-0.3, -0.25) is 4.79 Å². The summed E-state index contributed by atoms with van der Waals surface area (Å²) in [6.07, 6.45) is 0.683. The summed E-state index contributed by atoms with van der Waals surface area (Å²) in [5, 5.41) is 2.53. The fraction of sp³-hybridized carbons (Fsp3) is 0.278. The number of benzene rings is 2. The molecule has 0 unspecified atom stereocenters. The van der Waals surface area contributed by atoms with Crippen LogP contribution in [-0.2, 0) is 17.6 Å². The number of aryl methyl sites for hydroxylation is 1. The Hall–Kier alpha value is -2.63. The van der Waals surface area contributed by atoms with Gasteiger partial charge < -0.3 is 14.8 Å². The van der Waals surface area contributed by atoms with Crippen LogP contribution in [0.5, 0.6) is 11.5 Å². The normalized spacial score (nSPS) is 10.4. The number of anilines is 1. The zero-order valence-electron chi connectivity index (χ0n) is 13.8. The van der Waals surface area contributed by atoms with E-state index in [4.69, 9.17) is 9.47 Å². The Labute approximate surface area is 139 Å². The fourth-order valence-corrected chi connectivity index (χ4v) is 2.45. The van der Waals surface area contributed by atoms with Crippen LogP contribution in [0.25, 0.3) is 0 Å². The molecule has 2 aromatic rings. The average Bonchev–Trinajstić information content (AvgIpc) is 2.57.